The zero-order chi connectivity index (χ0) is 11.0. The second-order valence-electron chi connectivity index (χ2n) is 4.83. The fourth-order valence-corrected chi connectivity index (χ4v) is 3.47. The SMILES string of the molecule is CCCNCC1(CCSCC)CCCC1. The van der Waals surface area contributed by atoms with Crippen molar-refractivity contribution in [3.05, 3.63) is 0 Å². The number of hydrogen-bond acceptors (Lipinski definition) is 2. The van der Waals surface area contributed by atoms with Crippen molar-refractivity contribution in [2.45, 2.75) is 52.4 Å². The van der Waals surface area contributed by atoms with Crippen molar-refractivity contribution >= 4 is 11.8 Å². The summed E-state index contributed by atoms with van der Waals surface area (Å²) < 4.78 is 0. The third kappa shape index (κ3) is 4.78. The molecule has 0 aromatic heterocycles. The summed E-state index contributed by atoms with van der Waals surface area (Å²) in [5, 5.41) is 3.64. The fraction of sp³-hybridized carbons (Fsp3) is 1.00. The molecule has 1 N–H and O–H groups in total. The summed E-state index contributed by atoms with van der Waals surface area (Å²) >= 11 is 2.10. The largest absolute Gasteiger partial charge is 0.316 e. The van der Waals surface area contributed by atoms with Crippen LogP contribution in [0.2, 0.25) is 0 Å². The maximum Gasteiger partial charge on any atom is 0.000810 e. The molecule has 0 atom stereocenters. The van der Waals surface area contributed by atoms with E-state index in [-0.39, 0.29) is 0 Å². The fourth-order valence-electron chi connectivity index (χ4n) is 2.60. The first-order chi connectivity index (χ1) is 7.33. The molecule has 0 unspecified atom stereocenters. The molecule has 90 valence electrons. The van der Waals surface area contributed by atoms with Crippen LogP contribution in [-0.2, 0) is 0 Å². The van der Waals surface area contributed by atoms with Crippen molar-refractivity contribution in [2.75, 3.05) is 24.6 Å². The number of rotatable bonds is 8. The molecule has 0 aromatic rings. The molecule has 0 radical (unpaired) electrons. The quantitative estimate of drug-likeness (QED) is 0.637. The predicted molar refractivity (Wildman–Crippen MR) is 71.7 cm³/mol. The van der Waals surface area contributed by atoms with Crippen LogP contribution in [0.15, 0.2) is 0 Å². The Hall–Kier alpha value is 0.310. The summed E-state index contributed by atoms with van der Waals surface area (Å²) in [5.74, 6) is 2.64. The van der Waals surface area contributed by atoms with Crippen LogP contribution in [0, 0.1) is 5.41 Å². The first-order valence-electron chi connectivity index (χ1n) is 6.61. The molecule has 0 aliphatic heterocycles. The minimum atomic E-state index is 0.664. The maximum atomic E-state index is 3.64. The highest BCUT2D eigenvalue weighted by Crippen LogP contribution is 2.41. The van der Waals surface area contributed by atoms with Crippen LogP contribution in [0.5, 0.6) is 0 Å². The van der Waals surface area contributed by atoms with Crippen molar-refractivity contribution in [1.82, 2.24) is 5.32 Å². The van der Waals surface area contributed by atoms with Gasteiger partial charge in [-0.1, -0.05) is 26.7 Å². The molecule has 0 saturated heterocycles. The van der Waals surface area contributed by atoms with E-state index in [2.05, 4.69) is 30.9 Å². The number of hydrogen-bond donors (Lipinski definition) is 1. The molecule has 1 rings (SSSR count). The Kier molecular flexibility index (Phi) is 6.74. The first kappa shape index (κ1) is 13.4. The minimum absolute atomic E-state index is 0.664. The lowest BCUT2D eigenvalue weighted by Gasteiger charge is -2.29. The highest BCUT2D eigenvalue weighted by Gasteiger charge is 2.32. The summed E-state index contributed by atoms with van der Waals surface area (Å²) in [6.07, 6.45) is 8.55. The summed E-state index contributed by atoms with van der Waals surface area (Å²) in [6, 6.07) is 0. The smallest absolute Gasteiger partial charge is 0.000810 e. The van der Waals surface area contributed by atoms with E-state index < -0.39 is 0 Å². The second kappa shape index (κ2) is 7.56. The maximum absolute atomic E-state index is 3.64. The van der Waals surface area contributed by atoms with Crippen LogP contribution < -0.4 is 5.32 Å². The molecule has 1 aliphatic rings. The van der Waals surface area contributed by atoms with E-state index in [1.165, 1.54) is 63.1 Å². The summed E-state index contributed by atoms with van der Waals surface area (Å²) in [7, 11) is 0. The zero-order valence-electron chi connectivity index (χ0n) is 10.5. The summed E-state index contributed by atoms with van der Waals surface area (Å²) in [5.41, 5.74) is 0.664. The van der Waals surface area contributed by atoms with E-state index in [4.69, 9.17) is 0 Å². The van der Waals surface area contributed by atoms with Crippen LogP contribution in [0.25, 0.3) is 0 Å². The number of thioether (sulfide) groups is 1. The Bertz CT molecular complexity index is 141. The third-order valence-corrected chi connectivity index (χ3v) is 4.47. The lowest BCUT2D eigenvalue weighted by Crippen LogP contribution is -2.33. The molecular weight excluding hydrogens is 202 g/mol. The van der Waals surface area contributed by atoms with Crippen LogP contribution in [0.4, 0.5) is 0 Å². The van der Waals surface area contributed by atoms with Gasteiger partial charge in [-0.15, -0.1) is 0 Å². The Morgan fingerprint density at radius 3 is 2.53 bits per heavy atom. The molecule has 1 nitrogen and oxygen atoms in total. The van der Waals surface area contributed by atoms with E-state index in [1.54, 1.807) is 0 Å². The van der Waals surface area contributed by atoms with Gasteiger partial charge in [-0.05, 0) is 49.1 Å². The van der Waals surface area contributed by atoms with Gasteiger partial charge in [0, 0.05) is 6.54 Å². The molecule has 1 fully saturated rings. The molecule has 2 heteroatoms. The normalized spacial score (nSPS) is 19.6. The number of nitrogens with one attached hydrogen (secondary N) is 1. The van der Waals surface area contributed by atoms with Crippen molar-refractivity contribution in [3.8, 4) is 0 Å². The average molecular weight is 229 g/mol. The van der Waals surface area contributed by atoms with Gasteiger partial charge >= 0.3 is 0 Å². The molecule has 0 heterocycles. The van der Waals surface area contributed by atoms with Crippen LogP contribution in [0.3, 0.4) is 0 Å². The van der Waals surface area contributed by atoms with Crippen molar-refractivity contribution in [2.24, 2.45) is 5.41 Å². The van der Waals surface area contributed by atoms with Gasteiger partial charge in [-0.3, -0.25) is 0 Å². The summed E-state index contributed by atoms with van der Waals surface area (Å²) in [4.78, 5) is 0. The topological polar surface area (TPSA) is 12.0 Å². The van der Waals surface area contributed by atoms with Crippen molar-refractivity contribution in [3.63, 3.8) is 0 Å². The van der Waals surface area contributed by atoms with E-state index in [0.717, 1.165) is 0 Å². The minimum Gasteiger partial charge on any atom is -0.316 e. The highest BCUT2D eigenvalue weighted by atomic mass is 32.2. The standard InChI is InChI=1S/C13H27NS/c1-3-10-14-12-13(7-5-6-8-13)9-11-15-4-2/h14H,3-12H2,1-2H3. The lowest BCUT2D eigenvalue weighted by atomic mass is 9.83. The second-order valence-corrected chi connectivity index (χ2v) is 6.22. The lowest BCUT2D eigenvalue weighted by molar-refractivity contribution is 0.272. The molecule has 1 aliphatic carbocycles. The molecule has 0 amide bonds. The molecule has 15 heavy (non-hydrogen) atoms. The van der Waals surface area contributed by atoms with Gasteiger partial charge < -0.3 is 5.32 Å². The van der Waals surface area contributed by atoms with Crippen LogP contribution in [0.1, 0.15) is 52.4 Å². The Morgan fingerprint density at radius 2 is 1.93 bits per heavy atom. The highest BCUT2D eigenvalue weighted by molar-refractivity contribution is 7.99. The Labute approximate surface area is 99.8 Å². The average Bonchev–Trinajstić information content (AvgIpc) is 2.68. The van der Waals surface area contributed by atoms with Gasteiger partial charge in [0.2, 0.25) is 0 Å². The first-order valence-corrected chi connectivity index (χ1v) is 7.77. The van der Waals surface area contributed by atoms with E-state index in [1.807, 2.05) is 0 Å². The molecule has 1 saturated carbocycles. The van der Waals surface area contributed by atoms with Crippen LogP contribution in [-0.4, -0.2) is 24.6 Å². The molecule has 0 aromatic carbocycles. The third-order valence-electron chi connectivity index (χ3n) is 3.57. The van der Waals surface area contributed by atoms with Crippen molar-refractivity contribution < 1.29 is 0 Å². The monoisotopic (exact) mass is 229 g/mol. The van der Waals surface area contributed by atoms with E-state index in [9.17, 15) is 0 Å². The Balaban J connectivity index is 2.26. The van der Waals surface area contributed by atoms with Gasteiger partial charge in [0.25, 0.3) is 0 Å². The van der Waals surface area contributed by atoms with Gasteiger partial charge in [0.05, 0.1) is 0 Å². The van der Waals surface area contributed by atoms with Gasteiger partial charge in [0.15, 0.2) is 0 Å². The van der Waals surface area contributed by atoms with Crippen LogP contribution >= 0.6 is 11.8 Å². The predicted octanol–water partition coefficient (Wildman–Crippen LogP) is 3.69. The zero-order valence-corrected chi connectivity index (χ0v) is 11.3. The van der Waals surface area contributed by atoms with Gasteiger partial charge in [-0.25, -0.2) is 0 Å². The Morgan fingerprint density at radius 1 is 1.20 bits per heavy atom. The van der Waals surface area contributed by atoms with Gasteiger partial charge in [-0.2, -0.15) is 11.8 Å². The molecule has 0 bridgehead atoms. The van der Waals surface area contributed by atoms with Crippen molar-refractivity contribution in [1.29, 1.82) is 0 Å². The molecular formula is C13H27NS. The van der Waals surface area contributed by atoms with E-state index in [0.29, 0.717) is 5.41 Å². The molecule has 0 spiro atoms. The van der Waals surface area contributed by atoms with E-state index >= 15 is 0 Å². The summed E-state index contributed by atoms with van der Waals surface area (Å²) in [6.45, 7) is 6.98. The van der Waals surface area contributed by atoms with Gasteiger partial charge in [0.1, 0.15) is 0 Å².